The van der Waals surface area contributed by atoms with Crippen LogP contribution in [0, 0.1) is 0 Å². The smallest absolute Gasteiger partial charge is 0.399 e. The maximum Gasteiger partial charge on any atom is 0.494 e. The van der Waals surface area contributed by atoms with Crippen LogP contribution in [0.5, 0.6) is 0 Å². The van der Waals surface area contributed by atoms with E-state index in [1.54, 1.807) is 0 Å². The fraction of sp³-hybridized carbons (Fsp3) is 0.625. The molecule has 2 fully saturated rings. The van der Waals surface area contributed by atoms with Crippen molar-refractivity contribution < 1.29 is 14.8 Å². The van der Waals surface area contributed by atoms with Crippen molar-refractivity contribution in [2.24, 2.45) is 0 Å². The molecule has 3 nitrogen and oxygen atoms in total. The third-order valence-corrected chi connectivity index (χ3v) is 4.54. The molecule has 2 saturated heterocycles. The molecule has 2 aliphatic heterocycles. The van der Waals surface area contributed by atoms with Gasteiger partial charge in [0.25, 0.3) is 0 Å². The van der Waals surface area contributed by atoms with Crippen LogP contribution in [-0.2, 0) is 9.31 Å². The number of nitrogens with zero attached hydrogens (tertiary/aromatic N) is 1. The molecule has 0 aliphatic carbocycles. The van der Waals surface area contributed by atoms with Gasteiger partial charge >= 0.3 is 7.12 Å². The van der Waals surface area contributed by atoms with E-state index in [9.17, 15) is 0 Å². The molecule has 2 aliphatic rings. The number of benzene rings is 1. The Hall–Kier alpha value is -0.995. The van der Waals surface area contributed by atoms with Crippen LogP contribution in [0.25, 0.3) is 0 Å². The van der Waals surface area contributed by atoms with Crippen molar-refractivity contribution in [2.45, 2.75) is 51.7 Å². The number of hydrogen-bond donors (Lipinski definition) is 0. The summed E-state index contributed by atoms with van der Waals surface area (Å²) >= 11 is 0. The van der Waals surface area contributed by atoms with Crippen LogP contribution in [0.4, 0.5) is 5.69 Å². The lowest BCUT2D eigenvalue weighted by Gasteiger charge is -2.32. The third kappa shape index (κ3) is 2.36. The average Bonchev–Trinajstić information content (AvgIpc) is 3.04. The highest BCUT2D eigenvalue weighted by Crippen LogP contribution is 2.36. The Balaban J connectivity index is 2.12. The first kappa shape index (κ1) is 9.85. The van der Waals surface area contributed by atoms with Gasteiger partial charge in [-0.25, -0.2) is 0 Å². The maximum absolute atomic E-state index is 8.59. The van der Waals surface area contributed by atoms with Crippen molar-refractivity contribution in [3.63, 3.8) is 0 Å². The summed E-state index contributed by atoms with van der Waals surface area (Å²) in [4.78, 5) is 1.97. The molecule has 108 valence electrons. The molecule has 4 heteroatoms. The van der Waals surface area contributed by atoms with Gasteiger partial charge in [-0.2, -0.15) is 0 Å². The molecule has 0 saturated carbocycles. The first-order chi connectivity index (χ1) is 11.1. The van der Waals surface area contributed by atoms with Crippen LogP contribution in [-0.4, -0.2) is 31.4 Å². The normalized spacial score (nSPS) is 27.2. The summed E-state index contributed by atoms with van der Waals surface area (Å²) in [7, 11) is -0.860. The van der Waals surface area contributed by atoms with Crippen LogP contribution in [0.1, 0.15) is 46.0 Å². The second-order valence-electron chi connectivity index (χ2n) is 6.54. The average molecular weight is 277 g/mol. The highest BCUT2D eigenvalue weighted by molar-refractivity contribution is 6.62. The van der Waals surface area contributed by atoms with Crippen molar-refractivity contribution in [3.8, 4) is 0 Å². The van der Waals surface area contributed by atoms with Gasteiger partial charge in [0.2, 0.25) is 0 Å². The third-order valence-electron chi connectivity index (χ3n) is 4.54. The van der Waals surface area contributed by atoms with Gasteiger partial charge in [-0.3, -0.25) is 0 Å². The minimum Gasteiger partial charge on any atom is -0.399 e. The van der Waals surface area contributed by atoms with Crippen molar-refractivity contribution in [3.05, 3.63) is 24.2 Å². The van der Waals surface area contributed by atoms with Gasteiger partial charge in [0, 0.05) is 18.8 Å². The molecule has 1 aromatic rings. The van der Waals surface area contributed by atoms with E-state index in [0.29, 0.717) is 5.69 Å². The molecule has 0 unspecified atom stereocenters. The fourth-order valence-corrected chi connectivity index (χ4v) is 2.53. The van der Waals surface area contributed by atoms with Crippen LogP contribution in [0.2, 0.25) is 0 Å². The van der Waals surface area contributed by atoms with Gasteiger partial charge in [0.05, 0.1) is 16.7 Å². The fourth-order valence-electron chi connectivity index (χ4n) is 2.53. The summed E-state index contributed by atoms with van der Waals surface area (Å²) in [6.45, 7) is 9.23. The highest BCUT2D eigenvalue weighted by atomic mass is 16.7. The topological polar surface area (TPSA) is 21.7 Å². The largest absolute Gasteiger partial charge is 0.494 e. The van der Waals surface area contributed by atoms with Gasteiger partial charge < -0.3 is 14.2 Å². The SMILES string of the molecule is [2H]c1c([2H])c(B2OC(C)(C)C(C)(C)O2)c([2H])c(N2CCCC2)c1[2H]. The minimum atomic E-state index is -0.860. The number of hydrogen-bond acceptors (Lipinski definition) is 3. The summed E-state index contributed by atoms with van der Waals surface area (Å²) < 4.78 is 45.2. The van der Waals surface area contributed by atoms with E-state index in [2.05, 4.69) is 0 Å². The zero-order valence-electron chi connectivity index (χ0n) is 16.7. The van der Waals surface area contributed by atoms with E-state index in [0.717, 1.165) is 25.9 Å². The van der Waals surface area contributed by atoms with E-state index < -0.39 is 18.3 Å². The molecule has 0 N–H and O–H groups in total. The summed E-state index contributed by atoms with van der Waals surface area (Å²) in [5.41, 5.74) is -0.465. The van der Waals surface area contributed by atoms with Crippen LogP contribution < -0.4 is 10.4 Å². The molecular weight excluding hydrogens is 249 g/mol. The Bertz CT molecular complexity index is 659. The number of rotatable bonds is 2. The summed E-state index contributed by atoms with van der Waals surface area (Å²) in [5, 5.41) is 0. The van der Waals surface area contributed by atoms with Gasteiger partial charge in [-0.15, -0.1) is 0 Å². The van der Waals surface area contributed by atoms with Crippen LogP contribution in [0.15, 0.2) is 24.2 Å². The Labute approximate surface area is 128 Å². The quantitative estimate of drug-likeness (QED) is 0.776. The zero-order valence-corrected chi connectivity index (χ0v) is 12.7. The monoisotopic (exact) mass is 277 g/mol. The van der Waals surface area contributed by atoms with E-state index in [-0.39, 0.29) is 29.6 Å². The zero-order chi connectivity index (χ0) is 17.9. The predicted octanol–water partition coefficient (Wildman–Crippen LogP) is 2.59. The Morgan fingerprint density at radius 3 is 2.30 bits per heavy atom. The maximum atomic E-state index is 8.59. The molecule has 0 amide bonds. The summed E-state index contributed by atoms with van der Waals surface area (Å²) in [6, 6.07) is -0.280. The second kappa shape index (κ2) is 4.78. The molecule has 20 heavy (non-hydrogen) atoms. The van der Waals surface area contributed by atoms with Crippen LogP contribution >= 0.6 is 0 Å². The molecule has 1 aromatic carbocycles. The first-order valence-electron chi connectivity index (χ1n) is 9.27. The highest BCUT2D eigenvalue weighted by Gasteiger charge is 2.51. The Morgan fingerprint density at radius 2 is 1.70 bits per heavy atom. The van der Waals surface area contributed by atoms with Gasteiger partial charge in [0.15, 0.2) is 0 Å². The molecular formula is C16H24BNO2. The van der Waals surface area contributed by atoms with E-state index >= 15 is 0 Å². The van der Waals surface area contributed by atoms with Gasteiger partial charge in [-0.1, -0.05) is 12.1 Å². The van der Waals surface area contributed by atoms with Gasteiger partial charge in [0.1, 0.15) is 0 Å². The van der Waals surface area contributed by atoms with Crippen molar-refractivity contribution in [1.29, 1.82) is 0 Å². The van der Waals surface area contributed by atoms with Crippen LogP contribution in [0.3, 0.4) is 0 Å². The summed E-state index contributed by atoms with van der Waals surface area (Å²) in [5.74, 6) is 0. The number of anilines is 1. The van der Waals surface area contributed by atoms with E-state index in [4.69, 9.17) is 14.8 Å². The van der Waals surface area contributed by atoms with Crippen molar-refractivity contribution in [1.82, 2.24) is 0 Å². The molecule has 0 atom stereocenters. The summed E-state index contributed by atoms with van der Waals surface area (Å²) in [6.07, 6.45) is 2.03. The standard InChI is InChI=1S/C16H24BNO2/c1-15(2)16(3,4)20-17(19-15)13-8-7-9-14(12-13)18-10-5-6-11-18/h7-9,12H,5-6,10-11H2,1-4H3/i7D,8D,9D,12D. The lowest BCUT2D eigenvalue weighted by Crippen LogP contribution is -2.41. The van der Waals surface area contributed by atoms with E-state index in [1.807, 2.05) is 32.6 Å². The molecule has 0 spiro atoms. The first-order valence-corrected chi connectivity index (χ1v) is 7.27. The lowest BCUT2D eigenvalue weighted by molar-refractivity contribution is 0.00578. The second-order valence-corrected chi connectivity index (χ2v) is 6.54. The predicted molar refractivity (Wildman–Crippen MR) is 83.6 cm³/mol. The van der Waals surface area contributed by atoms with E-state index in [1.165, 1.54) is 0 Å². The molecule has 0 aromatic heterocycles. The van der Waals surface area contributed by atoms with Gasteiger partial charge in [-0.05, 0) is 58.1 Å². The molecule has 0 bridgehead atoms. The Morgan fingerprint density at radius 1 is 1.10 bits per heavy atom. The van der Waals surface area contributed by atoms with Crippen molar-refractivity contribution in [2.75, 3.05) is 18.0 Å². The lowest BCUT2D eigenvalue weighted by atomic mass is 9.79. The molecule has 3 rings (SSSR count). The van der Waals surface area contributed by atoms with Crippen molar-refractivity contribution >= 4 is 18.3 Å². The minimum absolute atomic E-state index is 0.0489. The Kier molecular flexibility index (Phi) is 2.35. The molecule has 0 radical (unpaired) electrons. The molecule has 2 heterocycles.